The molecule has 0 amide bonds. The Morgan fingerprint density at radius 2 is 2.14 bits per heavy atom. The van der Waals surface area contributed by atoms with Crippen LogP contribution >= 0.6 is 31.9 Å². The van der Waals surface area contributed by atoms with Crippen molar-refractivity contribution in [1.82, 2.24) is 0 Å². The van der Waals surface area contributed by atoms with Gasteiger partial charge in [0.2, 0.25) is 0 Å². The Kier molecular flexibility index (Phi) is 3.71. The Hall–Kier alpha value is -0.810. The zero-order valence-electron chi connectivity index (χ0n) is 6.96. The van der Waals surface area contributed by atoms with Crippen LogP contribution in [0.25, 0.3) is 0 Å². The molecular weight excluding hydrogens is 316 g/mol. The highest BCUT2D eigenvalue weighted by Crippen LogP contribution is 2.39. The van der Waals surface area contributed by atoms with Crippen LogP contribution in [0.15, 0.2) is 33.7 Å². The van der Waals surface area contributed by atoms with Gasteiger partial charge in [-0.05, 0) is 44.0 Å². The van der Waals surface area contributed by atoms with E-state index in [1.807, 2.05) is 0 Å². The normalized spacial score (nSPS) is 9.57. The van der Waals surface area contributed by atoms with Gasteiger partial charge in [-0.1, -0.05) is 6.58 Å². The maximum atomic E-state index is 10.9. The summed E-state index contributed by atoms with van der Waals surface area (Å²) in [5, 5.41) is 9.33. The fourth-order valence-electron chi connectivity index (χ4n) is 0.758. The van der Waals surface area contributed by atoms with Crippen molar-refractivity contribution in [3.05, 3.63) is 33.7 Å². The molecule has 1 aromatic carbocycles. The second-order valence-corrected chi connectivity index (χ2v) is 3.98. The highest BCUT2D eigenvalue weighted by Gasteiger charge is 2.12. The zero-order valence-corrected chi connectivity index (χ0v) is 10.1. The molecule has 0 saturated heterocycles. The lowest BCUT2D eigenvalue weighted by molar-refractivity contribution is -0.129. The van der Waals surface area contributed by atoms with E-state index in [1.165, 1.54) is 6.07 Å². The van der Waals surface area contributed by atoms with Crippen LogP contribution in [-0.2, 0) is 4.79 Å². The largest absolute Gasteiger partial charge is 0.507 e. The number of carbonyl (C=O) groups excluding carboxylic acids is 1. The molecule has 0 radical (unpaired) electrons. The van der Waals surface area contributed by atoms with E-state index in [4.69, 9.17) is 4.74 Å². The molecule has 0 heterocycles. The van der Waals surface area contributed by atoms with Crippen LogP contribution in [-0.4, -0.2) is 11.1 Å². The lowest BCUT2D eigenvalue weighted by Gasteiger charge is -2.07. The van der Waals surface area contributed by atoms with Gasteiger partial charge >= 0.3 is 5.97 Å². The minimum absolute atomic E-state index is 0.0000576. The van der Waals surface area contributed by atoms with Crippen LogP contribution in [0.1, 0.15) is 0 Å². The van der Waals surface area contributed by atoms with E-state index < -0.39 is 5.97 Å². The van der Waals surface area contributed by atoms with Crippen molar-refractivity contribution in [1.29, 1.82) is 0 Å². The van der Waals surface area contributed by atoms with Gasteiger partial charge in [-0.15, -0.1) is 0 Å². The third kappa shape index (κ3) is 2.36. The van der Waals surface area contributed by atoms with E-state index in [0.29, 0.717) is 8.95 Å². The molecule has 0 saturated carbocycles. The lowest BCUT2D eigenvalue weighted by atomic mass is 10.3. The van der Waals surface area contributed by atoms with Crippen LogP contribution in [0.3, 0.4) is 0 Å². The molecule has 0 atom stereocenters. The quantitative estimate of drug-likeness (QED) is 0.517. The van der Waals surface area contributed by atoms with Gasteiger partial charge < -0.3 is 9.84 Å². The molecule has 14 heavy (non-hydrogen) atoms. The molecule has 0 unspecified atom stereocenters. The van der Waals surface area contributed by atoms with E-state index in [2.05, 4.69) is 38.4 Å². The molecular formula is C9H6Br2O3. The summed E-state index contributed by atoms with van der Waals surface area (Å²) in [6.07, 6.45) is 1.04. The van der Waals surface area contributed by atoms with Crippen molar-refractivity contribution in [3.8, 4) is 11.5 Å². The first-order valence-corrected chi connectivity index (χ1v) is 5.16. The predicted octanol–water partition coefficient (Wildman–Crippen LogP) is 3.01. The number of esters is 1. The molecule has 1 rings (SSSR count). The van der Waals surface area contributed by atoms with Crippen LogP contribution in [0.5, 0.6) is 11.5 Å². The number of ether oxygens (including phenoxy) is 1. The van der Waals surface area contributed by atoms with Crippen LogP contribution in [0, 0.1) is 0 Å². The summed E-state index contributed by atoms with van der Waals surface area (Å²) in [5.41, 5.74) is 0. The molecule has 0 aliphatic heterocycles. The molecule has 1 aromatic rings. The second-order valence-electron chi connectivity index (χ2n) is 2.33. The smallest absolute Gasteiger partial charge is 0.335 e. The Morgan fingerprint density at radius 1 is 1.50 bits per heavy atom. The Bertz CT molecular complexity index is 388. The number of phenolic OH excluding ortho intramolecular Hbond substituents is 1. The van der Waals surface area contributed by atoms with Gasteiger partial charge in [0.25, 0.3) is 0 Å². The number of aromatic hydroxyl groups is 1. The summed E-state index contributed by atoms with van der Waals surface area (Å²) in [6, 6.07) is 3.05. The van der Waals surface area contributed by atoms with Crippen molar-refractivity contribution in [2.75, 3.05) is 0 Å². The topological polar surface area (TPSA) is 46.5 Å². The molecule has 0 fully saturated rings. The summed E-state index contributed by atoms with van der Waals surface area (Å²) in [4.78, 5) is 10.9. The molecule has 1 N–H and O–H groups in total. The highest BCUT2D eigenvalue weighted by atomic mass is 79.9. The first kappa shape index (κ1) is 11.3. The maximum Gasteiger partial charge on any atom is 0.335 e. The molecule has 3 nitrogen and oxygen atoms in total. The molecule has 0 aliphatic carbocycles. The molecule has 0 bridgehead atoms. The summed E-state index contributed by atoms with van der Waals surface area (Å²) in [6.45, 7) is 3.27. The number of rotatable bonds is 2. The van der Waals surface area contributed by atoms with Gasteiger partial charge in [0.1, 0.15) is 10.2 Å². The fraction of sp³-hybridized carbons (Fsp3) is 0. The van der Waals surface area contributed by atoms with Gasteiger partial charge in [-0.25, -0.2) is 4.79 Å². The van der Waals surface area contributed by atoms with Gasteiger partial charge in [0.15, 0.2) is 5.75 Å². The zero-order chi connectivity index (χ0) is 10.7. The first-order chi connectivity index (χ1) is 6.56. The molecule has 74 valence electrons. The van der Waals surface area contributed by atoms with E-state index in [1.54, 1.807) is 6.07 Å². The SMILES string of the molecule is C=CC(=O)Oc1c(Br)ccc(O)c1Br. The molecule has 0 spiro atoms. The van der Waals surface area contributed by atoms with Gasteiger partial charge in [0.05, 0.1) is 4.47 Å². The van der Waals surface area contributed by atoms with Crippen molar-refractivity contribution in [3.63, 3.8) is 0 Å². The van der Waals surface area contributed by atoms with Gasteiger partial charge in [-0.3, -0.25) is 0 Å². The minimum atomic E-state index is -0.586. The standard InChI is InChI=1S/C9H6Br2O3/c1-2-7(13)14-9-5(10)3-4-6(12)8(9)11/h2-4,12H,1H2. The lowest BCUT2D eigenvalue weighted by Crippen LogP contribution is -2.04. The van der Waals surface area contributed by atoms with Crippen molar-refractivity contribution in [2.45, 2.75) is 0 Å². The van der Waals surface area contributed by atoms with Crippen LogP contribution < -0.4 is 4.74 Å². The van der Waals surface area contributed by atoms with E-state index in [0.717, 1.165) is 6.08 Å². The molecule has 5 heteroatoms. The average Bonchev–Trinajstić information content (AvgIpc) is 2.18. The van der Waals surface area contributed by atoms with Crippen molar-refractivity contribution in [2.24, 2.45) is 0 Å². The van der Waals surface area contributed by atoms with Gasteiger partial charge in [-0.2, -0.15) is 0 Å². The minimum Gasteiger partial charge on any atom is -0.507 e. The number of carbonyl (C=O) groups is 1. The third-order valence-corrected chi connectivity index (χ3v) is 2.79. The maximum absolute atomic E-state index is 10.9. The van der Waals surface area contributed by atoms with Gasteiger partial charge in [0, 0.05) is 6.08 Å². The number of hydrogen-bond donors (Lipinski definition) is 1. The Labute approximate surface area is 97.6 Å². The summed E-state index contributed by atoms with van der Waals surface area (Å²) in [5.74, 6) is -0.355. The number of halogens is 2. The number of benzene rings is 1. The monoisotopic (exact) mass is 320 g/mol. The predicted molar refractivity (Wildman–Crippen MR) is 59.3 cm³/mol. The Morgan fingerprint density at radius 3 is 2.71 bits per heavy atom. The summed E-state index contributed by atoms with van der Waals surface area (Å²) >= 11 is 6.28. The highest BCUT2D eigenvalue weighted by molar-refractivity contribution is 9.11. The third-order valence-electron chi connectivity index (χ3n) is 1.40. The summed E-state index contributed by atoms with van der Waals surface area (Å²) < 4.78 is 5.78. The van der Waals surface area contributed by atoms with E-state index in [9.17, 15) is 9.90 Å². The van der Waals surface area contributed by atoms with Crippen molar-refractivity contribution < 1.29 is 14.6 Å². The second kappa shape index (κ2) is 4.61. The van der Waals surface area contributed by atoms with Crippen LogP contribution in [0.2, 0.25) is 0 Å². The van der Waals surface area contributed by atoms with E-state index in [-0.39, 0.29) is 11.5 Å². The van der Waals surface area contributed by atoms with Crippen LogP contribution in [0.4, 0.5) is 0 Å². The summed E-state index contributed by atoms with van der Waals surface area (Å²) in [7, 11) is 0. The number of phenols is 1. The fourth-order valence-corrected chi connectivity index (χ4v) is 1.86. The first-order valence-electron chi connectivity index (χ1n) is 3.57. The van der Waals surface area contributed by atoms with Crippen molar-refractivity contribution >= 4 is 37.8 Å². The average molecular weight is 322 g/mol. The number of hydrogen-bond acceptors (Lipinski definition) is 3. The van der Waals surface area contributed by atoms with E-state index >= 15 is 0 Å². The molecule has 0 aromatic heterocycles. The molecule has 0 aliphatic rings. The Balaban J connectivity index is 3.12.